The van der Waals surface area contributed by atoms with Gasteiger partial charge in [-0.05, 0) is 12.5 Å². The Kier molecular flexibility index (Phi) is 4.00. The zero-order chi connectivity index (χ0) is 9.84. The van der Waals surface area contributed by atoms with E-state index >= 15 is 0 Å². The standard InChI is InChI=1S/C9H10BrClO2/c1-13-9(12)6-2-3-8(11)7(4-6)5-10/h2-3,7H,4-5H2,1H3/t7-/m0/s1. The number of allylic oxidation sites excluding steroid dienone is 3. The van der Waals surface area contributed by atoms with E-state index in [9.17, 15) is 4.79 Å². The maximum Gasteiger partial charge on any atom is 0.333 e. The zero-order valence-corrected chi connectivity index (χ0v) is 9.56. The lowest BCUT2D eigenvalue weighted by Gasteiger charge is -2.17. The summed E-state index contributed by atoms with van der Waals surface area (Å²) in [6, 6.07) is 0. The van der Waals surface area contributed by atoms with Crippen LogP contribution in [0.1, 0.15) is 6.42 Å². The Morgan fingerprint density at radius 2 is 2.46 bits per heavy atom. The number of ether oxygens (including phenoxy) is 1. The largest absolute Gasteiger partial charge is 0.466 e. The number of rotatable bonds is 2. The molecule has 0 spiro atoms. The van der Waals surface area contributed by atoms with Crippen LogP contribution in [0.5, 0.6) is 0 Å². The summed E-state index contributed by atoms with van der Waals surface area (Å²) in [6.07, 6.45) is 4.11. The maximum atomic E-state index is 11.2. The normalized spacial score (nSPS) is 21.9. The van der Waals surface area contributed by atoms with E-state index in [0.717, 1.165) is 10.4 Å². The first-order valence-electron chi connectivity index (χ1n) is 3.89. The number of methoxy groups -OCH3 is 1. The minimum atomic E-state index is -0.272. The quantitative estimate of drug-likeness (QED) is 0.567. The van der Waals surface area contributed by atoms with Gasteiger partial charge in [-0.1, -0.05) is 33.6 Å². The van der Waals surface area contributed by atoms with Crippen molar-refractivity contribution < 1.29 is 9.53 Å². The Morgan fingerprint density at radius 3 is 3.00 bits per heavy atom. The van der Waals surface area contributed by atoms with Crippen LogP contribution in [0.25, 0.3) is 0 Å². The van der Waals surface area contributed by atoms with Crippen LogP contribution in [0.3, 0.4) is 0 Å². The van der Waals surface area contributed by atoms with E-state index in [0.29, 0.717) is 12.0 Å². The first kappa shape index (κ1) is 10.8. The van der Waals surface area contributed by atoms with Gasteiger partial charge in [0.1, 0.15) is 0 Å². The van der Waals surface area contributed by atoms with Crippen LogP contribution in [-0.2, 0) is 9.53 Å². The third kappa shape index (κ3) is 2.58. The molecule has 0 aromatic rings. The molecule has 0 unspecified atom stereocenters. The van der Waals surface area contributed by atoms with Gasteiger partial charge >= 0.3 is 5.97 Å². The summed E-state index contributed by atoms with van der Waals surface area (Å²) in [5.41, 5.74) is 0.677. The van der Waals surface area contributed by atoms with Crippen LogP contribution in [0.15, 0.2) is 22.8 Å². The number of hydrogen-bond acceptors (Lipinski definition) is 2. The Balaban J connectivity index is 2.76. The number of halogens is 2. The SMILES string of the molecule is COC(=O)C1=CC=C(Cl)[C@H](CBr)C1. The number of carbonyl (C=O) groups excluding carboxylic acids is 1. The fraction of sp³-hybridized carbons (Fsp3) is 0.444. The molecule has 1 aliphatic carbocycles. The van der Waals surface area contributed by atoms with Crippen molar-refractivity contribution in [1.29, 1.82) is 0 Å². The number of esters is 1. The van der Waals surface area contributed by atoms with E-state index in [2.05, 4.69) is 20.7 Å². The van der Waals surface area contributed by atoms with Gasteiger partial charge in [-0.15, -0.1) is 0 Å². The molecule has 72 valence electrons. The fourth-order valence-corrected chi connectivity index (χ4v) is 2.14. The molecule has 0 N–H and O–H groups in total. The average molecular weight is 266 g/mol. The van der Waals surface area contributed by atoms with E-state index in [4.69, 9.17) is 11.6 Å². The van der Waals surface area contributed by atoms with Gasteiger partial charge in [0, 0.05) is 21.9 Å². The van der Waals surface area contributed by atoms with Gasteiger partial charge < -0.3 is 4.74 Å². The minimum absolute atomic E-state index is 0.195. The number of carbonyl (C=O) groups is 1. The van der Waals surface area contributed by atoms with Crippen molar-refractivity contribution in [1.82, 2.24) is 0 Å². The lowest BCUT2D eigenvalue weighted by molar-refractivity contribution is -0.136. The highest BCUT2D eigenvalue weighted by molar-refractivity contribution is 9.09. The first-order chi connectivity index (χ1) is 6.19. The number of hydrogen-bond donors (Lipinski definition) is 0. The van der Waals surface area contributed by atoms with Crippen LogP contribution in [0, 0.1) is 5.92 Å². The molecule has 0 fully saturated rings. The summed E-state index contributed by atoms with van der Waals surface area (Å²) in [5.74, 6) is -0.0767. The predicted molar refractivity (Wildman–Crippen MR) is 55.9 cm³/mol. The molecule has 0 saturated heterocycles. The van der Waals surface area contributed by atoms with Crippen LogP contribution in [0.2, 0.25) is 0 Å². The summed E-state index contributed by atoms with van der Waals surface area (Å²) in [7, 11) is 1.38. The molecule has 1 aliphatic rings. The van der Waals surface area contributed by atoms with E-state index < -0.39 is 0 Å². The number of alkyl halides is 1. The zero-order valence-electron chi connectivity index (χ0n) is 7.22. The molecule has 0 radical (unpaired) electrons. The molecule has 4 heteroatoms. The molecule has 0 amide bonds. The van der Waals surface area contributed by atoms with Gasteiger partial charge in [0.15, 0.2) is 0 Å². The topological polar surface area (TPSA) is 26.3 Å². The Bertz CT molecular complexity index is 271. The van der Waals surface area contributed by atoms with Crippen molar-refractivity contribution in [2.75, 3.05) is 12.4 Å². The van der Waals surface area contributed by atoms with Gasteiger partial charge in [-0.3, -0.25) is 0 Å². The van der Waals surface area contributed by atoms with Gasteiger partial charge in [0.05, 0.1) is 7.11 Å². The van der Waals surface area contributed by atoms with Crippen molar-refractivity contribution in [3.05, 3.63) is 22.8 Å². The Morgan fingerprint density at radius 1 is 1.77 bits per heavy atom. The van der Waals surface area contributed by atoms with Crippen LogP contribution < -0.4 is 0 Å². The van der Waals surface area contributed by atoms with Crippen molar-refractivity contribution in [2.45, 2.75) is 6.42 Å². The van der Waals surface area contributed by atoms with E-state index in [-0.39, 0.29) is 11.9 Å². The van der Waals surface area contributed by atoms with Gasteiger partial charge in [-0.25, -0.2) is 4.79 Å². The van der Waals surface area contributed by atoms with Crippen LogP contribution in [-0.4, -0.2) is 18.4 Å². The summed E-state index contributed by atoms with van der Waals surface area (Å²) >= 11 is 9.28. The minimum Gasteiger partial charge on any atom is -0.466 e. The Hall–Kier alpha value is -0.280. The summed E-state index contributed by atoms with van der Waals surface area (Å²) in [5, 5.41) is 1.54. The second-order valence-corrected chi connectivity index (χ2v) is 3.87. The third-order valence-corrected chi connectivity index (χ3v) is 3.15. The highest BCUT2D eigenvalue weighted by Gasteiger charge is 2.21. The molecule has 0 bridgehead atoms. The maximum absolute atomic E-state index is 11.2. The van der Waals surface area contributed by atoms with Crippen molar-refractivity contribution in [3.8, 4) is 0 Å². The molecule has 0 heterocycles. The van der Waals surface area contributed by atoms with Crippen LogP contribution >= 0.6 is 27.5 Å². The van der Waals surface area contributed by atoms with E-state index in [1.165, 1.54) is 7.11 Å². The predicted octanol–water partition coefficient (Wildman–Crippen LogP) is 2.62. The highest BCUT2D eigenvalue weighted by Crippen LogP contribution is 2.29. The smallest absolute Gasteiger partial charge is 0.333 e. The van der Waals surface area contributed by atoms with Gasteiger partial charge in [-0.2, -0.15) is 0 Å². The van der Waals surface area contributed by atoms with E-state index in [1.54, 1.807) is 12.2 Å². The molecule has 1 atom stereocenters. The third-order valence-electron chi connectivity index (χ3n) is 1.93. The summed E-state index contributed by atoms with van der Waals surface area (Å²) < 4.78 is 4.62. The summed E-state index contributed by atoms with van der Waals surface area (Å²) in [6.45, 7) is 0. The lowest BCUT2D eigenvalue weighted by atomic mass is 9.96. The Labute approximate surface area is 90.7 Å². The monoisotopic (exact) mass is 264 g/mol. The highest BCUT2D eigenvalue weighted by atomic mass is 79.9. The summed E-state index contributed by atoms with van der Waals surface area (Å²) in [4.78, 5) is 11.2. The lowest BCUT2D eigenvalue weighted by Crippen LogP contribution is -2.14. The van der Waals surface area contributed by atoms with Gasteiger partial charge in [0.25, 0.3) is 0 Å². The average Bonchev–Trinajstić information content (AvgIpc) is 2.17. The molecule has 0 saturated carbocycles. The van der Waals surface area contributed by atoms with Crippen LogP contribution in [0.4, 0.5) is 0 Å². The van der Waals surface area contributed by atoms with Crippen molar-refractivity contribution in [3.63, 3.8) is 0 Å². The van der Waals surface area contributed by atoms with Crippen molar-refractivity contribution in [2.24, 2.45) is 5.92 Å². The molecule has 13 heavy (non-hydrogen) atoms. The first-order valence-corrected chi connectivity index (χ1v) is 5.39. The van der Waals surface area contributed by atoms with Crippen molar-refractivity contribution >= 4 is 33.5 Å². The molecular weight excluding hydrogens is 255 g/mol. The molecular formula is C9H10BrClO2. The molecule has 1 rings (SSSR count). The molecule has 0 aliphatic heterocycles. The molecule has 2 nitrogen and oxygen atoms in total. The molecule has 0 aromatic carbocycles. The second kappa shape index (κ2) is 4.82. The van der Waals surface area contributed by atoms with E-state index in [1.807, 2.05) is 0 Å². The fourth-order valence-electron chi connectivity index (χ4n) is 1.16. The van der Waals surface area contributed by atoms with Gasteiger partial charge in [0.2, 0.25) is 0 Å². The molecule has 0 aromatic heterocycles. The second-order valence-electron chi connectivity index (χ2n) is 2.79.